The van der Waals surface area contributed by atoms with E-state index >= 15 is 0 Å². The first-order valence-corrected chi connectivity index (χ1v) is 7.74. The lowest BCUT2D eigenvalue weighted by molar-refractivity contribution is 0.0589. The van der Waals surface area contributed by atoms with E-state index in [0.717, 1.165) is 18.8 Å². The molecule has 2 rings (SSSR count). The lowest BCUT2D eigenvalue weighted by Crippen LogP contribution is -2.37. The van der Waals surface area contributed by atoms with Crippen LogP contribution < -0.4 is 9.80 Å². The van der Waals surface area contributed by atoms with Gasteiger partial charge in [0.15, 0.2) is 0 Å². The smallest absolute Gasteiger partial charge is 0.414 e. The minimum absolute atomic E-state index is 0.400. The van der Waals surface area contributed by atoms with Crippen molar-refractivity contribution < 1.29 is 14.3 Å². The topological polar surface area (TPSA) is 42.0 Å². The van der Waals surface area contributed by atoms with Crippen molar-refractivity contribution in [2.24, 2.45) is 0 Å². The van der Waals surface area contributed by atoms with Crippen LogP contribution in [0, 0.1) is 0 Å². The Hall–Kier alpha value is -1.46. The summed E-state index contributed by atoms with van der Waals surface area (Å²) in [6, 6.07) is 5.61. The maximum absolute atomic E-state index is 12.2. The van der Waals surface area contributed by atoms with E-state index in [4.69, 9.17) is 21.1 Å². The fraction of sp³-hybridized carbons (Fsp3) is 0.562. The molecule has 0 N–H and O–H groups in total. The quantitative estimate of drug-likeness (QED) is 0.833. The lowest BCUT2D eigenvalue weighted by Gasteiger charge is -2.30. The van der Waals surface area contributed by atoms with Crippen molar-refractivity contribution in [2.75, 3.05) is 43.2 Å². The van der Waals surface area contributed by atoms with Crippen LogP contribution in [-0.4, -0.2) is 45.0 Å². The Balaban J connectivity index is 2.19. The van der Waals surface area contributed by atoms with Crippen molar-refractivity contribution in [1.29, 1.82) is 0 Å². The van der Waals surface area contributed by atoms with Crippen LogP contribution in [0.25, 0.3) is 0 Å². The van der Waals surface area contributed by atoms with Gasteiger partial charge in [0.2, 0.25) is 0 Å². The normalized spacial score (nSPS) is 15.6. The summed E-state index contributed by atoms with van der Waals surface area (Å²) in [7, 11) is 1.68. The van der Waals surface area contributed by atoms with Crippen LogP contribution in [0.2, 0.25) is 5.02 Å². The molecule has 1 heterocycles. The maximum Gasteiger partial charge on any atom is 0.414 e. The zero-order valence-corrected chi connectivity index (χ0v) is 14.3. The number of amides is 1. The average Bonchev–Trinajstić information content (AvgIpc) is 2.45. The molecule has 22 heavy (non-hydrogen) atoms. The number of nitrogens with zero attached hydrogens (tertiary/aromatic N) is 2. The van der Waals surface area contributed by atoms with Gasteiger partial charge < -0.3 is 14.4 Å². The molecule has 0 aromatic heterocycles. The van der Waals surface area contributed by atoms with Crippen LogP contribution >= 0.6 is 11.6 Å². The summed E-state index contributed by atoms with van der Waals surface area (Å²) in [5.41, 5.74) is 1.17. The Morgan fingerprint density at radius 1 is 1.27 bits per heavy atom. The van der Waals surface area contributed by atoms with E-state index in [2.05, 4.69) is 4.90 Å². The van der Waals surface area contributed by atoms with Crippen molar-refractivity contribution in [3.8, 4) is 0 Å². The minimum atomic E-state index is -0.531. The molecule has 0 unspecified atom stereocenters. The Bertz CT molecular complexity index is 537. The predicted molar refractivity (Wildman–Crippen MR) is 89.1 cm³/mol. The minimum Gasteiger partial charge on any atom is -0.443 e. The van der Waals surface area contributed by atoms with Gasteiger partial charge in [-0.1, -0.05) is 11.6 Å². The lowest BCUT2D eigenvalue weighted by atomic mass is 10.2. The summed E-state index contributed by atoms with van der Waals surface area (Å²) in [6.07, 6.45) is -0.400. The zero-order valence-electron chi connectivity index (χ0n) is 13.6. The van der Waals surface area contributed by atoms with Crippen molar-refractivity contribution in [3.63, 3.8) is 0 Å². The molecule has 1 aliphatic rings. The van der Waals surface area contributed by atoms with Gasteiger partial charge in [-0.15, -0.1) is 0 Å². The third-order valence-corrected chi connectivity index (χ3v) is 3.52. The Labute approximate surface area is 136 Å². The Morgan fingerprint density at radius 3 is 2.50 bits per heavy atom. The largest absolute Gasteiger partial charge is 0.443 e. The van der Waals surface area contributed by atoms with E-state index in [1.54, 1.807) is 13.1 Å². The second kappa shape index (κ2) is 6.75. The molecule has 1 amide bonds. The van der Waals surface area contributed by atoms with E-state index in [1.165, 1.54) is 4.90 Å². The van der Waals surface area contributed by atoms with Gasteiger partial charge >= 0.3 is 6.09 Å². The predicted octanol–water partition coefficient (Wildman–Crippen LogP) is 3.55. The number of benzene rings is 1. The zero-order chi connectivity index (χ0) is 16.3. The number of carbonyl (C=O) groups is 1. The Morgan fingerprint density at radius 2 is 1.91 bits per heavy atom. The third kappa shape index (κ3) is 4.52. The first kappa shape index (κ1) is 16.9. The number of ether oxygens (including phenoxy) is 2. The molecular formula is C16H23ClN2O3. The molecule has 0 aliphatic carbocycles. The molecule has 1 aromatic carbocycles. The van der Waals surface area contributed by atoms with Gasteiger partial charge in [-0.3, -0.25) is 4.90 Å². The average molecular weight is 327 g/mol. The summed E-state index contributed by atoms with van der Waals surface area (Å²) >= 11 is 6.21. The molecule has 0 bridgehead atoms. The monoisotopic (exact) mass is 326 g/mol. The van der Waals surface area contributed by atoms with Crippen molar-refractivity contribution in [2.45, 2.75) is 26.4 Å². The third-order valence-electron chi connectivity index (χ3n) is 3.30. The highest BCUT2D eigenvalue weighted by atomic mass is 35.5. The molecule has 1 aromatic rings. The molecule has 5 nitrogen and oxygen atoms in total. The molecule has 6 heteroatoms. The van der Waals surface area contributed by atoms with Crippen molar-refractivity contribution in [1.82, 2.24) is 0 Å². The van der Waals surface area contributed by atoms with E-state index in [1.807, 2.05) is 32.9 Å². The van der Waals surface area contributed by atoms with E-state index in [-0.39, 0.29) is 0 Å². The van der Waals surface area contributed by atoms with Crippen molar-refractivity contribution in [3.05, 3.63) is 23.2 Å². The second-order valence-electron chi connectivity index (χ2n) is 6.31. The maximum atomic E-state index is 12.2. The summed E-state index contributed by atoms with van der Waals surface area (Å²) in [5, 5.41) is 0.592. The first-order valence-electron chi connectivity index (χ1n) is 7.36. The number of hydrogen-bond acceptors (Lipinski definition) is 4. The van der Waals surface area contributed by atoms with E-state index < -0.39 is 11.7 Å². The van der Waals surface area contributed by atoms with Crippen LogP contribution in [0.5, 0.6) is 0 Å². The van der Waals surface area contributed by atoms with Gasteiger partial charge in [-0.05, 0) is 39.0 Å². The van der Waals surface area contributed by atoms with Gasteiger partial charge in [0.1, 0.15) is 5.60 Å². The van der Waals surface area contributed by atoms with Gasteiger partial charge in [-0.25, -0.2) is 4.79 Å². The molecule has 1 fully saturated rings. The molecule has 122 valence electrons. The summed E-state index contributed by atoms with van der Waals surface area (Å²) < 4.78 is 10.8. The SMILES string of the molecule is CN(C(=O)OC(C)(C)C)c1cc(Cl)cc(N2CCOCC2)c1. The van der Waals surface area contributed by atoms with Crippen LogP contribution in [0.1, 0.15) is 20.8 Å². The number of hydrogen-bond donors (Lipinski definition) is 0. The number of morpholine rings is 1. The molecule has 0 atom stereocenters. The molecule has 0 radical (unpaired) electrons. The fourth-order valence-electron chi connectivity index (χ4n) is 2.19. The van der Waals surface area contributed by atoms with Crippen molar-refractivity contribution >= 4 is 29.1 Å². The number of carbonyl (C=O) groups excluding carboxylic acids is 1. The molecule has 0 saturated carbocycles. The molecular weight excluding hydrogens is 304 g/mol. The summed E-state index contributed by atoms with van der Waals surface area (Å²) in [5.74, 6) is 0. The van der Waals surface area contributed by atoms with Crippen LogP contribution in [0.15, 0.2) is 18.2 Å². The molecule has 0 spiro atoms. The summed E-state index contributed by atoms with van der Waals surface area (Å²) in [4.78, 5) is 15.9. The number of rotatable bonds is 2. The summed E-state index contributed by atoms with van der Waals surface area (Å²) in [6.45, 7) is 8.56. The second-order valence-corrected chi connectivity index (χ2v) is 6.74. The highest BCUT2D eigenvalue weighted by Gasteiger charge is 2.22. The van der Waals surface area contributed by atoms with Crippen LogP contribution in [0.3, 0.4) is 0 Å². The van der Waals surface area contributed by atoms with E-state index in [9.17, 15) is 4.79 Å². The fourth-order valence-corrected chi connectivity index (χ4v) is 2.42. The molecule has 1 aliphatic heterocycles. The van der Waals surface area contributed by atoms with Gasteiger partial charge in [0, 0.05) is 30.8 Å². The number of halogens is 1. The first-order chi connectivity index (χ1) is 10.3. The highest BCUT2D eigenvalue weighted by Crippen LogP contribution is 2.28. The van der Waals surface area contributed by atoms with Crippen LogP contribution in [0.4, 0.5) is 16.2 Å². The van der Waals surface area contributed by atoms with Gasteiger partial charge in [-0.2, -0.15) is 0 Å². The Kier molecular flexibility index (Phi) is 5.19. The highest BCUT2D eigenvalue weighted by molar-refractivity contribution is 6.31. The standard InChI is InChI=1S/C16H23ClN2O3/c1-16(2,3)22-15(20)18(4)13-9-12(17)10-14(11-13)19-5-7-21-8-6-19/h9-11H,5-8H2,1-4H3. The number of anilines is 2. The molecule has 1 saturated heterocycles. The van der Waals surface area contributed by atoms with Crippen LogP contribution in [-0.2, 0) is 9.47 Å². The van der Waals surface area contributed by atoms with E-state index in [0.29, 0.717) is 23.9 Å². The van der Waals surface area contributed by atoms with Gasteiger partial charge in [0.05, 0.1) is 18.9 Å². The van der Waals surface area contributed by atoms with Gasteiger partial charge in [0.25, 0.3) is 0 Å².